The quantitative estimate of drug-likeness (QED) is 0.611. The zero-order valence-corrected chi connectivity index (χ0v) is 16.9. The molecule has 0 radical (unpaired) electrons. The third-order valence-corrected chi connectivity index (χ3v) is 4.83. The van der Waals surface area contributed by atoms with Crippen molar-refractivity contribution in [1.82, 2.24) is 19.7 Å². The summed E-state index contributed by atoms with van der Waals surface area (Å²) in [5.74, 6) is 1.77. The highest BCUT2D eigenvalue weighted by Gasteiger charge is 2.14. The first kappa shape index (κ1) is 19.7. The van der Waals surface area contributed by atoms with Crippen LogP contribution in [0.25, 0.3) is 5.82 Å². The molecule has 8 nitrogen and oxygen atoms in total. The lowest BCUT2D eigenvalue weighted by Crippen LogP contribution is -2.15. The molecule has 28 heavy (non-hydrogen) atoms. The van der Waals surface area contributed by atoms with Crippen LogP contribution in [0.1, 0.15) is 11.4 Å². The molecule has 0 spiro atoms. The van der Waals surface area contributed by atoms with Crippen LogP contribution in [-0.2, 0) is 4.79 Å². The molecule has 9 heteroatoms. The fourth-order valence-corrected chi connectivity index (χ4v) is 3.40. The van der Waals surface area contributed by atoms with E-state index >= 15 is 0 Å². The number of aromatic nitrogens is 4. The van der Waals surface area contributed by atoms with Gasteiger partial charge in [-0.1, -0.05) is 11.8 Å². The molecular formula is C19H21N5O3S. The molecular weight excluding hydrogens is 378 g/mol. The van der Waals surface area contributed by atoms with Crippen molar-refractivity contribution in [2.45, 2.75) is 18.9 Å². The van der Waals surface area contributed by atoms with Gasteiger partial charge in [-0.3, -0.25) is 4.79 Å². The number of amides is 1. The summed E-state index contributed by atoms with van der Waals surface area (Å²) in [5, 5.41) is 7.93. The van der Waals surface area contributed by atoms with Crippen molar-refractivity contribution in [1.29, 1.82) is 0 Å². The molecule has 0 unspecified atom stereocenters. The molecule has 0 aliphatic carbocycles. The highest BCUT2D eigenvalue weighted by Crippen LogP contribution is 2.30. The van der Waals surface area contributed by atoms with Crippen molar-refractivity contribution in [3.63, 3.8) is 0 Å². The van der Waals surface area contributed by atoms with E-state index < -0.39 is 0 Å². The first-order chi connectivity index (χ1) is 13.5. The van der Waals surface area contributed by atoms with Gasteiger partial charge in [0.2, 0.25) is 5.91 Å². The molecule has 0 saturated heterocycles. The lowest BCUT2D eigenvalue weighted by Gasteiger charge is -2.11. The molecule has 3 aromatic rings. The summed E-state index contributed by atoms with van der Waals surface area (Å²) in [5.41, 5.74) is 2.47. The molecule has 1 aromatic carbocycles. The molecule has 0 fully saturated rings. The van der Waals surface area contributed by atoms with Gasteiger partial charge >= 0.3 is 0 Å². The van der Waals surface area contributed by atoms with Crippen molar-refractivity contribution in [2.75, 3.05) is 25.3 Å². The Morgan fingerprint density at radius 3 is 2.54 bits per heavy atom. The van der Waals surface area contributed by atoms with E-state index in [0.717, 1.165) is 11.4 Å². The molecule has 2 aromatic heterocycles. The largest absolute Gasteiger partial charge is 0.493 e. The Morgan fingerprint density at radius 1 is 1.11 bits per heavy atom. The van der Waals surface area contributed by atoms with Gasteiger partial charge < -0.3 is 14.8 Å². The molecule has 0 saturated carbocycles. The van der Waals surface area contributed by atoms with Gasteiger partial charge in [-0.15, -0.1) is 0 Å². The van der Waals surface area contributed by atoms with Gasteiger partial charge in [0.25, 0.3) is 0 Å². The number of rotatable bonds is 7. The van der Waals surface area contributed by atoms with Crippen molar-refractivity contribution in [3.8, 4) is 17.3 Å². The van der Waals surface area contributed by atoms with E-state index in [1.807, 2.05) is 19.9 Å². The number of thioether (sulfide) groups is 1. The average molecular weight is 399 g/mol. The van der Waals surface area contributed by atoms with E-state index in [-0.39, 0.29) is 11.7 Å². The highest BCUT2D eigenvalue weighted by atomic mass is 32.2. The van der Waals surface area contributed by atoms with Gasteiger partial charge in [0, 0.05) is 29.8 Å². The van der Waals surface area contributed by atoms with Crippen LogP contribution in [0.15, 0.2) is 41.7 Å². The first-order valence-electron chi connectivity index (χ1n) is 8.51. The zero-order valence-electron chi connectivity index (χ0n) is 16.1. The van der Waals surface area contributed by atoms with Crippen LogP contribution in [0.5, 0.6) is 11.5 Å². The van der Waals surface area contributed by atoms with Crippen LogP contribution in [0, 0.1) is 13.8 Å². The second-order valence-corrected chi connectivity index (χ2v) is 6.89. The van der Waals surface area contributed by atoms with Crippen molar-refractivity contribution in [3.05, 3.63) is 48.0 Å². The molecule has 1 N–H and O–H groups in total. The number of nitrogens with zero attached hydrogens (tertiary/aromatic N) is 4. The first-order valence-corrected chi connectivity index (χ1v) is 9.49. The summed E-state index contributed by atoms with van der Waals surface area (Å²) in [4.78, 5) is 21.1. The Bertz CT molecular complexity index is 989. The Balaban J connectivity index is 1.70. The number of nitrogens with one attached hydrogen (secondary N) is 1. The number of ether oxygens (including phenoxy) is 2. The van der Waals surface area contributed by atoms with E-state index in [9.17, 15) is 4.79 Å². The highest BCUT2D eigenvalue weighted by molar-refractivity contribution is 8.00. The summed E-state index contributed by atoms with van der Waals surface area (Å²) < 4.78 is 12.2. The van der Waals surface area contributed by atoms with Gasteiger partial charge in [0.05, 0.1) is 25.7 Å². The molecule has 0 bridgehead atoms. The van der Waals surface area contributed by atoms with E-state index in [1.54, 1.807) is 49.5 Å². The number of aryl methyl sites for hydroxylation is 2. The molecule has 146 valence electrons. The molecule has 0 aliphatic rings. The molecule has 0 atom stereocenters. The van der Waals surface area contributed by atoms with Crippen LogP contribution in [0.2, 0.25) is 0 Å². The minimum atomic E-state index is -0.165. The Morgan fingerprint density at radius 2 is 1.86 bits per heavy atom. The summed E-state index contributed by atoms with van der Waals surface area (Å²) in [6.45, 7) is 3.87. The van der Waals surface area contributed by atoms with Crippen molar-refractivity contribution in [2.24, 2.45) is 0 Å². The normalized spacial score (nSPS) is 10.6. The van der Waals surface area contributed by atoms with Gasteiger partial charge in [-0.2, -0.15) is 5.10 Å². The minimum Gasteiger partial charge on any atom is -0.493 e. The third-order valence-electron chi connectivity index (χ3n) is 3.86. The van der Waals surface area contributed by atoms with E-state index in [4.69, 9.17) is 9.47 Å². The fourth-order valence-electron chi connectivity index (χ4n) is 2.65. The van der Waals surface area contributed by atoms with Gasteiger partial charge in [0.15, 0.2) is 17.3 Å². The Kier molecular flexibility index (Phi) is 6.15. The van der Waals surface area contributed by atoms with Gasteiger partial charge in [-0.05, 0) is 32.0 Å². The summed E-state index contributed by atoms with van der Waals surface area (Å²) in [7, 11) is 3.11. The number of hydrogen-bond donors (Lipinski definition) is 1. The third kappa shape index (κ3) is 4.42. The second-order valence-electron chi connectivity index (χ2n) is 5.93. The zero-order chi connectivity index (χ0) is 20.1. The number of benzene rings is 1. The molecule has 3 rings (SSSR count). The fraction of sp³-hybridized carbons (Fsp3) is 0.263. The Hall–Kier alpha value is -3.07. The average Bonchev–Trinajstić information content (AvgIpc) is 3.04. The summed E-state index contributed by atoms with van der Waals surface area (Å²) in [6, 6.07) is 7.18. The Labute approximate surface area is 167 Å². The van der Waals surface area contributed by atoms with E-state index in [2.05, 4.69) is 20.4 Å². The standard InChI is InChI=1S/C19H21N5O3S/c1-12-9-13(2)24(23-12)18-19(21-8-7-20-18)28-11-17(25)22-14-5-6-15(26-3)16(10-14)27-4/h5-10H,11H2,1-4H3,(H,22,25). The predicted molar refractivity (Wildman–Crippen MR) is 108 cm³/mol. The van der Waals surface area contributed by atoms with Crippen molar-refractivity contribution >= 4 is 23.4 Å². The number of hydrogen-bond acceptors (Lipinski definition) is 7. The lowest BCUT2D eigenvalue weighted by molar-refractivity contribution is -0.113. The summed E-state index contributed by atoms with van der Waals surface area (Å²) in [6.07, 6.45) is 3.21. The number of anilines is 1. The maximum Gasteiger partial charge on any atom is 0.234 e. The van der Waals surface area contributed by atoms with Crippen LogP contribution in [-0.4, -0.2) is 45.6 Å². The number of carbonyl (C=O) groups is 1. The topological polar surface area (TPSA) is 91.2 Å². The summed E-state index contributed by atoms with van der Waals surface area (Å²) >= 11 is 1.30. The smallest absolute Gasteiger partial charge is 0.234 e. The lowest BCUT2D eigenvalue weighted by atomic mass is 10.2. The number of carbonyl (C=O) groups excluding carboxylic acids is 1. The number of methoxy groups -OCH3 is 2. The van der Waals surface area contributed by atoms with E-state index in [0.29, 0.717) is 28.0 Å². The maximum atomic E-state index is 12.4. The SMILES string of the molecule is COc1ccc(NC(=O)CSc2nccnc2-n2nc(C)cc2C)cc1OC. The van der Waals surface area contributed by atoms with Crippen LogP contribution >= 0.6 is 11.8 Å². The van der Waals surface area contributed by atoms with Crippen LogP contribution in [0.4, 0.5) is 5.69 Å². The van der Waals surface area contributed by atoms with Crippen LogP contribution in [0.3, 0.4) is 0 Å². The molecule has 1 amide bonds. The van der Waals surface area contributed by atoms with Gasteiger partial charge in [0.1, 0.15) is 5.03 Å². The monoisotopic (exact) mass is 399 g/mol. The molecule has 0 aliphatic heterocycles. The van der Waals surface area contributed by atoms with Crippen LogP contribution < -0.4 is 14.8 Å². The van der Waals surface area contributed by atoms with Gasteiger partial charge in [-0.25, -0.2) is 14.6 Å². The second kappa shape index (κ2) is 8.75. The molecule has 2 heterocycles. The predicted octanol–water partition coefficient (Wildman–Crippen LogP) is 3.03. The van der Waals surface area contributed by atoms with Crippen molar-refractivity contribution < 1.29 is 14.3 Å². The minimum absolute atomic E-state index is 0.165. The van der Waals surface area contributed by atoms with E-state index in [1.165, 1.54) is 11.8 Å². The maximum absolute atomic E-state index is 12.4.